The lowest BCUT2D eigenvalue weighted by Gasteiger charge is -2.37. The maximum Gasteiger partial charge on any atom is 0.258 e. The minimum absolute atomic E-state index is 0.0975. The standard InChI is InChI=1S/C25H31FN6O4S/c1-14(2)22(34)29-15(3)11-31-13-32(12-19(33)18-10-17(26)6-7-20(18)36-5)25-21(24(31)35)16(4)23(37-25)30-28-9-8-27/h6-10,14-15,27,30H,11-13H2,1-5H3,(H,29,34)/b27-8?,28-9-/t15-/m0/s1. The van der Waals surface area contributed by atoms with Crippen molar-refractivity contribution in [2.24, 2.45) is 11.0 Å². The van der Waals surface area contributed by atoms with Crippen LogP contribution < -0.4 is 20.4 Å². The second-order valence-corrected chi connectivity index (χ2v) is 9.99. The topological polar surface area (TPSA) is 127 Å². The Bertz CT molecular complexity index is 1230. The van der Waals surface area contributed by atoms with E-state index in [2.05, 4.69) is 15.8 Å². The first-order valence-electron chi connectivity index (χ1n) is 11.7. The molecule has 0 bridgehead atoms. The summed E-state index contributed by atoms with van der Waals surface area (Å²) in [4.78, 5) is 42.3. The molecule has 10 nitrogen and oxygen atoms in total. The number of thiophene rings is 1. The van der Waals surface area contributed by atoms with E-state index in [1.807, 2.05) is 6.92 Å². The number of amides is 2. The van der Waals surface area contributed by atoms with Crippen LogP contribution in [-0.2, 0) is 4.79 Å². The molecule has 198 valence electrons. The minimum atomic E-state index is -0.558. The molecule has 0 aliphatic carbocycles. The lowest BCUT2D eigenvalue weighted by Crippen LogP contribution is -2.52. The molecule has 1 aliphatic heterocycles. The summed E-state index contributed by atoms with van der Waals surface area (Å²) in [5.41, 5.74) is 4.02. The second-order valence-electron chi connectivity index (χ2n) is 8.99. The second kappa shape index (κ2) is 12.0. The summed E-state index contributed by atoms with van der Waals surface area (Å²) >= 11 is 1.26. The summed E-state index contributed by atoms with van der Waals surface area (Å²) in [6.07, 6.45) is 2.29. The van der Waals surface area contributed by atoms with Crippen molar-refractivity contribution in [1.29, 1.82) is 5.41 Å². The van der Waals surface area contributed by atoms with Crippen LogP contribution >= 0.6 is 11.3 Å². The van der Waals surface area contributed by atoms with Crippen molar-refractivity contribution in [1.82, 2.24) is 10.2 Å². The van der Waals surface area contributed by atoms with E-state index in [1.54, 1.807) is 30.6 Å². The van der Waals surface area contributed by atoms with Crippen LogP contribution in [0.5, 0.6) is 5.75 Å². The number of halogens is 1. The van der Waals surface area contributed by atoms with Gasteiger partial charge in [-0.05, 0) is 32.0 Å². The third-order valence-electron chi connectivity index (χ3n) is 5.78. The van der Waals surface area contributed by atoms with Crippen LogP contribution in [-0.4, -0.2) is 67.8 Å². The molecule has 3 rings (SSSR count). The van der Waals surface area contributed by atoms with Crippen LogP contribution in [0.25, 0.3) is 0 Å². The van der Waals surface area contributed by atoms with Crippen molar-refractivity contribution in [3.8, 4) is 5.75 Å². The predicted molar refractivity (Wildman–Crippen MR) is 143 cm³/mol. The number of ketones is 1. The Morgan fingerprint density at radius 3 is 2.68 bits per heavy atom. The molecule has 0 spiro atoms. The predicted octanol–water partition coefficient (Wildman–Crippen LogP) is 3.51. The van der Waals surface area contributed by atoms with Gasteiger partial charge >= 0.3 is 0 Å². The minimum Gasteiger partial charge on any atom is -0.496 e. The zero-order valence-electron chi connectivity index (χ0n) is 21.4. The van der Waals surface area contributed by atoms with E-state index in [9.17, 15) is 18.8 Å². The van der Waals surface area contributed by atoms with Gasteiger partial charge in [-0.15, -0.1) is 0 Å². The molecule has 1 aromatic carbocycles. The molecule has 3 N–H and O–H groups in total. The van der Waals surface area contributed by atoms with Crippen molar-refractivity contribution in [3.63, 3.8) is 0 Å². The van der Waals surface area contributed by atoms with Gasteiger partial charge in [0.25, 0.3) is 5.91 Å². The summed E-state index contributed by atoms with van der Waals surface area (Å²) in [5.74, 6) is -1.23. The SMILES string of the molecule is COc1ccc(F)cc1C(=O)CN1CN(C[C@H](C)NC(=O)C(C)C)C(=O)c2c1sc(N/N=C\C=N)c2C. The highest BCUT2D eigenvalue weighted by Gasteiger charge is 2.36. The number of anilines is 2. The molecule has 0 saturated carbocycles. The van der Waals surface area contributed by atoms with Crippen molar-refractivity contribution in [3.05, 3.63) is 40.7 Å². The van der Waals surface area contributed by atoms with E-state index in [0.717, 1.165) is 12.3 Å². The molecule has 1 aromatic heterocycles. The number of hydrogen-bond acceptors (Lipinski definition) is 9. The molecular formula is C25H31FN6O4S. The van der Waals surface area contributed by atoms with Gasteiger partial charge in [0.15, 0.2) is 5.78 Å². The first-order chi connectivity index (χ1) is 17.6. The largest absolute Gasteiger partial charge is 0.496 e. The lowest BCUT2D eigenvalue weighted by atomic mass is 10.1. The highest BCUT2D eigenvalue weighted by Crippen LogP contribution is 2.43. The number of ether oxygens (including phenoxy) is 1. The molecule has 1 aliphatic rings. The average Bonchev–Trinajstić information content (AvgIpc) is 3.18. The van der Waals surface area contributed by atoms with Crippen LogP contribution in [0, 0.1) is 24.1 Å². The van der Waals surface area contributed by atoms with E-state index in [4.69, 9.17) is 10.1 Å². The molecule has 2 heterocycles. The summed E-state index contributed by atoms with van der Waals surface area (Å²) in [5, 5.41) is 15.1. The maximum absolute atomic E-state index is 13.9. The number of benzene rings is 1. The Morgan fingerprint density at radius 1 is 1.30 bits per heavy atom. The fourth-order valence-corrected chi connectivity index (χ4v) is 5.05. The molecule has 12 heteroatoms. The van der Waals surface area contributed by atoms with Crippen LogP contribution in [0.1, 0.15) is 47.1 Å². The molecule has 37 heavy (non-hydrogen) atoms. The lowest BCUT2D eigenvalue weighted by molar-refractivity contribution is -0.124. The Morgan fingerprint density at radius 2 is 2.03 bits per heavy atom. The van der Waals surface area contributed by atoms with Gasteiger partial charge in [0.2, 0.25) is 5.91 Å². The number of hydrazone groups is 1. The highest BCUT2D eigenvalue weighted by molar-refractivity contribution is 7.20. The van der Waals surface area contributed by atoms with E-state index in [-0.39, 0.29) is 60.6 Å². The van der Waals surface area contributed by atoms with Gasteiger partial charge in [-0.1, -0.05) is 25.2 Å². The molecule has 0 radical (unpaired) electrons. The number of nitrogens with one attached hydrogen (secondary N) is 3. The van der Waals surface area contributed by atoms with Crippen LogP contribution in [0.3, 0.4) is 0 Å². The third-order valence-corrected chi connectivity index (χ3v) is 7.03. The van der Waals surface area contributed by atoms with Crippen molar-refractivity contribution >= 4 is 51.4 Å². The van der Waals surface area contributed by atoms with Gasteiger partial charge in [0.05, 0.1) is 37.7 Å². The smallest absolute Gasteiger partial charge is 0.258 e. The van der Waals surface area contributed by atoms with Gasteiger partial charge in [-0.3, -0.25) is 19.8 Å². The molecule has 0 fully saturated rings. The zero-order valence-corrected chi connectivity index (χ0v) is 22.2. The number of carbonyl (C=O) groups is 3. The fourth-order valence-electron chi connectivity index (χ4n) is 3.91. The third kappa shape index (κ3) is 6.31. The molecule has 0 saturated heterocycles. The van der Waals surface area contributed by atoms with E-state index in [0.29, 0.717) is 21.1 Å². The van der Waals surface area contributed by atoms with Gasteiger partial charge in [0.1, 0.15) is 21.6 Å². The Kier molecular flexibility index (Phi) is 8.98. The van der Waals surface area contributed by atoms with Gasteiger partial charge < -0.3 is 25.3 Å². The number of carbonyl (C=O) groups excluding carboxylic acids is 3. The average molecular weight is 531 g/mol. The molecule has 1 atom stereocenters. The summed E-state index contributed by atoms with van der Waals surface area (Å²) in [6.45, 7) is 7.37. The Labute approximate surface area is 219 Å². The van der Waals surface area contributed by atoms with Crippen LogP contribution in [0.2, 0.25) is 0 Å². The maximum atomic E-state index is 13.9. The fraction of sp³-hybridized carbons (Fsp3) is 0.400. The number of Topliss-reactive ketones (excluding diaryl/α,β-unsaturated/α-hetero) is 1. The quantitative estimate of drug-likeness (QED) is 0.232. The summed E-state index contributed by atoms with van der Waals surface area (Å²) < 4.78 is 19.2. The van der Waals surface area contributed by atoms with Crippen molar-refractivity contribution in [2.45, 2.75) is 33.7 Å². The zero-order chi connectivity index (χ0) is 27.3. The molecular weight excluding hydrogens is 499 g/mol. The first kappa shape index (κ1) is 27.8. The van der Waals surface area contributed by atoms with Crippen molar-refractivity contribution in [2.75, 3.05) is 37.2 Å². The van der Waals surface area contributed by atoms with E-state index < -0.39 is 5.82 Å². The van der Waals surface area contributed by atoms with Crippen molar-refractivity contribution < 1.29 is 23.5 Å². The number of hydrogen-bond donors (Lipinski definition) is 3. The highest BCUT2D eigenvalue weighted by atomic mass is 32.1. The van der Waals surface area contributed by atoms with E-state index in [1.165, 1.54) is 36.8 Å². The number of rotatable bonds is 11. The van der Waals surface area contributed by atoms with Crippen LogP contribution in [0.4, 0.5) is 14.4 Å². The summed E-state index contributed by atoms with van der Waals surface area (Å²) in [6, 6.07) is 3.43. The first-order valence-corrected chi connectivity index (χ1v) is 12.5. The number of methoxy groups -OCH3 is 1. The Balaban J connectivity index is 1.95. The monoisotopic (exact) mass is 530 g/mol. The number of nitrogens with zero attached hydrogens (tertiary/aromatic N) is 3. The van der Waals surface area contributed by atoms with Crippen LogP contribution in [0.15, 0.2) is 23.3 Å². The molecule has 2 amide bonds. The molecule has 2 aromatic rings. The summed E-state index contributed by atoms with van der Waals surface area (Å²) in [7, 11) is 1.41. The van der Waals surface area contributed by atoms with E-state index >= 15 is 0 Å². The van der Waals surface area contributed by atoms with Gasteiger partial charge in [0, 0.05) is 30.3 Å². The number of fused-ring (bicyclic) bond motifs is 1. The van der Waals surface area contributed by atoms with Gasteiger partial charge in [-0.2, -0.15) is 5.10 Å². The van der Waals surface area contributed by atoms with Gasteiger partial charge in [-0.25, -0.2) is 4.39 Å². The normalized spacial score (nSPS) is 14.1. The Hall–Kier alpha value is -3.80. The molecule has 0 unspecified atom stereocenters.